The van der Waals surface area contributed by atoms with Gasteiger partial charge in [-0.15, -0.1) is 0 Å². The van der Waals surface area contributed by atoms with E-state index >= 15 is 0 Å². The molecule has 2 N–H and O–H groups in total. The molecule has 10 nitrogen and oxygen atoms in total. The topological polar surface area (TPSA) is 127 Å². The molecule has 214 valence electrons. The minimum atomic E-state index is -0.395. The van der Waals surface area contributed by atoms with Crippen LogP contribution in [0.5, 0.6) is 0 Å². The summed E-state index contributed by atoms with van der Waals surface area (Å²) in [5.41, 5.74) is 8.08. The van der Waals surface area contributed by atoms with E-state index in [1.165, 1.54) is 0 Å². The molecule has 0 unspecified atom stereocenters. The number of amides is 1. The Balaban J connectivity index is 1.33. The lowest BCUT2D eigenvalue weighted by Gasteiger charge is -2.17. The second kappa shape index (κ2) is 10.2. The summed E-state index contributed by atoms with van der Waals surface area (Å²) in [7, 11) is 0. The van der Waals surface area contributed by atoms with Crippen molar-refractivity contribution in [2.45, 2.75) is 66.0 Å². The number of fused-ring (bicyclic) bond motifs is 2. The van der Waals surface area contributed by atoms with Crippen LogP contribution in [0, 0.1) is 13.8 Å². The first-order valence-corrected chi connectivity index (χ1v) is 14.1. The molecular formula is C32H34N8O2. The van der Waals surface area contributed by atoms with E-state index < -0.39 is 5.91 Å². The smallest absolute Gasteiger partial charge is 0.293 e. The first-order chi connectivity index (χ1) is 20.0. The average Bonchev–Trinajstić information content (AvgIpc) is 3.64. The fraction of sp³-hybridized carbons (Fsp3) is 0.312. The highest BCUT2D eigenvalue weighted by Gasteiger charge is 2.26. The molecule has 4 aromatic heterocycles. The highest BCUT2D eigenvalue weighted by atomic mass is 16.5. The maximum atomic E-state index is 13.0. The number of nitrogens with one attached hydrogen (secondary N) is 2. The molecule has 1 aliphatic rings. The zero-order valence-corrected chi connectivity index (χ0v) is 24.9. The summed E-state index contributed by atoms with van der Waals surface area (Å²) >= 11 is 0. The predicted octanol–water partition coefficient (Wildman–Crippen LogP) is 6.42. The van der Waals surface area contributed by atoms with Crippen molar-refractivity contribution in [3.05, 3.63) is 82.9 Å². The highest BCUT2D eigenvalue weighted by molar-refractivity contribution is 5.93. The Morgan fingerprint density at radius 1 is 1.12 bits per heavy atom. The van der Waals surface area contributed by atoms with Crippen LogP contribution >= 0.6 is 0 Å². The van der Waals surface area contributed by atoms with E-state index in [1.54, 1.807) is 6.20 Å². The fourth-order valence-electron chi connectivity index (χ4n) is 5.34. The zero-order chi connectivity index (χ0) is 29.8. The van der Waals surface area contributed by atoms with Crippen LogP contribution in [0.3, 0.4) is 0 Å². The van der Waals surface area contributed by atoms with E-state index in [0.717, 1.165) is 50.5 Å². The molecule has 0 radical (unpaired) electrons. The summed E-state index contributed by atoms with van der Waals surface area (Å²) in [5.74, 6) is 0.792. The van der Waals surface area contributed by atoms with Crippen molar-refractivity contribution in [2.24, 2.45) is 0 Å². The Morgan fingerprint density at radius 2 is 1.93 bits per heavy atom. The van der Waals surface area contributed by atoms with Gasteiger partial charge >= 0.3 is 0 Å². The maximum Gasteiger partial charge on any atom is 0.293 e. The van der Waals surface area contributed by atoms with Crippen molar-refractivity contribution in [3.8, 4) is 22.5 Å². The Kier molecular flexibility index (Phi) is 6.64. The molecular weight excluding hydrogens is 528 g/mol. The van der Waals surface area contributed by atoms with E-state index in [4.69, 9.17) is 14.6 Å². The van der Waals surface area contributed by atoms with Crippen molar-refractivity contribution >= 4 is 23.1 Å². The number of imidazole rings is 1. The minimum Gasteiger partial charge on any atom is -0.339 e. The highest BCUT2D eigenvalue weighted by Crippen LogP contribution is 2.34. The molecule has 0 fully saturated rings. The monoisotopic (exact) mass is 562 g/mol. The van der Waals surface area contributed by atoms with Gasteiger partial charge in [0.1, 0.15) is 5.82 Å². The number of nitrogens with zero attached hydrogens (tertiary/aromatic N) is 6. The largest absolute Gasteiger partial charge is 0.339 e. The van der Waals surface area contributed by atoms with Gasteiger partial charge in [-0.05, 0) is 56.5 Å². The van der Waals surface area contributed by atoms with Crippen LogP contribution in [0.2, 0.25) is 0 Å². The van der Waals surface area contributed by atoms with E-state index in [0.29, 0.717) is 11.5 Å². The number of aromatic nitrogens is 7. The molecule has 1 atom stereocenters. The van der Waals surface area contributed by atoms with Crippen LogP contribution in [0.1, 0.15) is 85.7 Å². The van der Waals surface area contributed by atoms with Gasteiger partial charge in [0.2, 0.25) is 5.89 Å². The van der Waals surface area contributed by atoms with Crippen LogP contribution < -0.4 is 5.32 Å². The van der Waals surface area contributed by atoms with E-state index in [2.05, 4.69) is 58.3 Å². The maximum absolute atomic E-state index is 13.0. The zero-order valence-electron chi connectivity index (χ0n) is 24.9. The SMILES string of the molecule is Cc1nn(C(C)C)c(C)c1-c1nc2nccc(-c3ccc4c(c3)C=CC=C[C@@H]4NC(=O)c3noc(C(C)(C)C)n3)c2[nH]1. The second-order valence-corrected chi connectivity index (χ2v) is 11.9. The Morgan fingerprint density at radius 3 is 2.64 bits per heavy atom. The Bertz CT molecular complexity index is 1880. The number of aryl methyl sites for hydroxylation is 1. The van der Waals surface area contributed by atoms with Gasteiger partial charge in [0.25, 0.3) is 11.7 Å². The average molecular weight is 563 g/mol. The van der Waals surface area contributed by atoms with Gasteiger partial charge in [-0.3, -0.25) is 9.48 Å². The normalized spacial score (nSPS) is 14.9. The number of carbonyl (C=O) groups is 1. The van der Waals surface area contributed by atoms with Gasteiger partial charge in [-0.25, -0.2) is 9.97 Å². The number of hydrogen-bond donors (Lipinski definition) is 2. The lowest BCUT2D eigenvalue weighted by molar-refractivity contribution is 0.0930. The lowest BCUT2D eigenvalue weighted by atomic mass is 9.95. The van der Waals surface area contributed by atoms with Crippen LogP contribution in [0.4, 0.5) is 0 Å². The van der Waals surface area contributed by atoms with Crippen molar-refractivity contribution in [1.29, 1.82) is 0 Å². The summed E-state index contributed by atoms with van der Waals surface area (Å²) in [6.07, 6.45) is 9.66. The molecule has 1 aliphatic carbocycles. The number of aromatic amines is 1. The first-order valence-electron chi connectivity index (χ1n) is 14.1. The fourth-order valence-corrected chi connectivity index (χ4v) is 5.34. The third kappa shape index (κ3) is 4.82. The van der Waals surface area contributed by atoms with Crippen LogP contribution in [0.15, 0.2) is 53.2 Å². The summed E-state index contributed by atoms with van der Waals surface area (Å²) < 4.78 is 7.34. The number of rotatable bonds is 5. The molecule has 0 spiro atoms. The molecule has 0 saturated heterocycles. The summed E-state index contributed by atoms with van der Waals surface area (Å²) in [6.45, 7) is 14.2. The molecule has 0 aliphatic heterocycles. The van der Waals surface area contributed by atoms with Crippen LogP contribution in [-0.4, -0.2) is 40.8 Å². The van der Waals surface area contributed by atoms with Crippen molar-refractivity contribution in [1.82, 2.24) is 40.2 Å². The molecule has 0 bridgehead atoms. The summed E-state index contributed by atoms with van der Waals surface area (Å²) in [4.78, 5) is 30.3. The third-order valence-corrected chi connectivity index (χ3v) is 7.42. The number of hydrogen-bond acceptors (Lipinski definition) is 7. The molecule has 0 saturated carbocycles. The summed E-state index contributed by atoms with van der Waals surface area (Å²) in [5, 5.41) is 11.7. The molecule has 1 aromatic carbocycles. The molecule has 4 heterocycles. The predicted molar refractivity (Wildman–Crippen MR) is 162 cm³/mol. The lowest BCUT2D eigenvalue weighted by Crippen LogP contribution is -2.28. The number of H-pyrrole nitrogens is 1. The number of benzene rings is 1. The number of carbonyl (C=O) groups excluding carboxylic acids is 1. The van der Waals surface area contributed by atoms with Crippen LogP contribution in [0.25, 0.3) is 39.8 Å². The van der Waals surface area contributed by atoms with Gasteiger partial charge in [0.15, 0.2) is 5.65 Å². The second-order valence-electron chi connectivity index (χ2n) is 11.9. The summed E-state index contributed by atoms with van der Waals surface area (Å²) in [6, 6.07) is 8.08. The molecule has 1 amide bonds. The third-order valence-electron chi connectivity index (χ3n) is 7.42. The first kappa shape index (κ1) is 27.3. The minimum absolute atomic E-state index is 0.0161. The molecule has 10 heteroatoms. The Labute approximate surface area is 244 Å². The van der Waals surface area contributed by atoms with Gasteiger partial charge in [0, 0.05) is 28.9 Å². The molecule has 6 rings (SSSR count). The molecule has 5 aromatic rings. The van der Waals surface area contributed by atoms with Gasteiger partial charge in [0.05, 0.1) is 22.8 Å². The van der Waals surface area contributed by atoms with Gasteiger partial charge < -0.3 is 14.8 Å². The van der Waals surface area contributed by atoms with Crippen molar-refractivity contribution in [2.75, 3.05) is 0 Å². The number of pyridine rings is 1. The van der Waals surface area contributed by atoms with E-state index in [9.17, 15) is 4.79 Å². The van der Waals surface area contributed by atoms with Crippen LogP contribution in [-0.2, 0) is 5.41 Å². The van der Waals surface area contributed by atoms with Crippen molar-refractivity contribution < 1.29 is 9.32 Å². The quantitative estimate of drug-likeness (QED) is 0.253. The van der Waals surface area contributed by atoms with Gasteiger partial charge in [-0.2, -0.15) is 10.1 Å². The van der Waals surface area contributed by atoms with E-state index in [1.807, 2.05) is 68.8 Å². The standard InChI is InChI=1S/C32H34N8O2/c1-17(2)40-19(4)25(18(3)38-40)27-35-26-23(14-15-33-28(26)36-27)21-12-13-22-20(16-21)10-8-9-11-24(22)34-30(41)29-37-31(42-39-29)32(5,6)7/h8-17,24H,1-7H3,(H,34,41)(H,33,35,36)/t24-/m0/s1. The molecule has 42 heavy (non-hydrogen) atoms. The number of allylic oxidation sites excluding steroid dienone is 2. The van der Waals surface area contributed by atoms with Crippen molar-refractivity contribution in [3.63, 3.8) is 0 Å². The van der Waals surface area contributed by atoms with Gasteiger partial charge in [-0.1, -0.05) is 62.4 Å². The van der Waals surface area contributed by atoms with E-state index in [-0.39, 0.29) is 23.3 Å². The Hall–Kier alpha value is -4.86.